The smallest absolute Gasteiger partial charge is 0.164 e. The van der Waals surface area contributed by atoms with Crippen LogP contribution in [0.25, 0.3) is 56.4 Å². The molecule has 4 saturated carbocycles. The molecule has 4 bridgehead atoms. The van der Waals surface area contributed by atoms with Crippen LogP contribution in [0.15, 0.2) is 146 Å². The van der Waals surface area contributed by atoms with Gasteiger partial charge < -0.3 is 0 Å². The van der Waals surface area contributed by atoms with Crippen molar-refractivity contribution < 1.29 is 0 Å². The zero-order valence-electron chi connectivity index (χ0n) is 30.7. The van der Waals surface area contributed by atoms with Crippen molar-refractivity contribution in [3.05, 3.63) is 173 Å². The molecule has 0 amide bonds. The molecular formula is C51H40N4. The largest absolute Gasteiger partial charge is 0.208 e. The van der Waals surface area contributed by atoms with Crippen molar-refractivity contribution in [2.24, 2.45) is 17.8 Å². The van der Waals surface area contributed by atoms with E-state index in [0.717, 1.165) is 45.6 Å². The maximum Gasteiger partial charge on any atom is 0.164 e. The van der Waals surface area contributed by atoms with E-state index in [1.165, 1.54) is 71.9 Å². The highest BCUT2D eigenvalue weighted by Crippen LogP contribution is 2.60. The molecule has 12 rings (SSSR count). The van der Waals surface area contributed by atoms with Crippen molar-refractivity contribution in [1.29, 1.82) is 5.26 Å². The van der Waals surface area contributed by atoms with E-state index < -0.39 is 0 Å². The number of nitrogens with zero attached hydrogens (tertiary/aromatic N) is 4. The standard InChI is InChI=1S/C51H40N4/c52-31-32-11-21-43-44-22-18-41(27-46(44)47(45(43)26-32)38-9-5-2-6-10-38)50-54-48(39-14-12-37(13-15-39)36-7-3-1-4-8-36)53-49(55-50)40-16-19-42(20-17-40)51-28-33-23-34(29-51)25-35(24-33)30-51/h1-22,26-27,33-35,47H,23-25,28-30H2. The lowest BCUT2D eigenvalue weighted by Crippen LogP contribution is -2.48. The summed E-state index contributed by atoms with van der Waals surface area (Å²) in [6.07, 6.45) is 8.38. The van der Waals surface area contributed by atoms with E-state index in [9.17, 15) is 5.26 Å². The van der Waals surface area contributed by atoms with Crippen LogP contribution >= 0.6 is 0 Å². The third-order valence-corrected chi connectivity index (χ3v) is 13.2. The Kier molecular flexibility index (Phi) is 7.46. The summed E-state index contributed by atoms with van der Waals surface area (Å²) in [6, 6.07) is 53.9. The van der Waals surface area contributed by atoms with Crippen molar-refractivity contribution in [2.75, 3.05) is 0 Å². The summed E-state index contributed by atoms with van der Waals surface area (Å²) in [5, 5.41) is 9.81. The number of fused-ring (bicyclic) bond motifs is 3. The molecule has 1 aromatic heterocycles. The van der Waals surface area contributed by atoms with Crippen molar-refractivity contribution in [1.82, 2.24) is 15.0 Å². The van der Waals surface area contributed by atoms with E-state index in [4.69, 9.17) is 15.0 Å². The second kappa shape index (κ2) is 12.7. The van der Waals surface area contributed by atoms with E-state index in [2.05, 4.69) is 140 Å². The molecule has 1 heterocycles. The Morgan fingerprint density at radius 3 is 1.55 bits per heavy atom. The minimum atomic E-state index is 0.00267. The summed E-state index contributed by atoms with van der Waals surface area (Å²) in [5.41, 5.74) is 13.7. The zero-order valence-corrected chi connectivity index (χ0v) is 30.7. The topological polar surface area (TPSA) is 62.5 Å². The van der Waals surface area contributed by atoms with Crippen molar-refractivity contribution in [2.45, 2.75) is 49.9 Å². The van der Waals surface area contributed by atoms with Crippen LogP contribution in [-0.4, -0.2) is 15.0 Å². The third kappa shape index (κ3) is 5.52. The molecule has 55 heavy (non-hydrogen) atoms. The normalized spacial score (nSPS) is 22.9. The quantitative estimate of drug-likeness (QED) is 0.172. The summed E-state index contributed by atoms with van der Waals surface area (Å²) >= 11 is 0. The Morgan fingerprint density at radius 2 is 0.945 bits per heavy atom. The average molecular weight is 709 g/mol. The van der Waals surface area contributed by atoms with Crippen LogP contribution in [0, 0.1) is 29.1 Å². The Hall–Kier alpha value is -6.18. The lowest BCUT2D eigenvalue weighted by atomic mass is 9.48. The van der Waals surface area contributed by atoms with Crippen molar-refractivity contribution >= 4 is 0 Å². The van der Waals surface area contributed by atoms with E-state index in [0.29, 0.717) is 28.5 Å². The number of nitriles is 1. The first kappa shape index (κ1) is 32.3. The first-order valence-electron chi connectivity index (χ1n) is 19.9. The number of aromatic nitrogens is 3. The van der Waals surface area contributed by atoms with Gasteiger partial charge in [0.2, 0.25) is 0 Å². The molecule has 0 spiro atoms. The van der Waals surface area contributed by atoms with Gasteiger partial charge in [0.25, 0.3) is 0 Å². The first-order valence-corrected chi connectivity index (χ1v) is 19.9. The maximum absolute atomic E-state index is 9.81. The molecule has 5 aliphatic rings. The van der Waals surface area contributed by atoms with Gasteiger partial charge >= 0.3 is 0 Å². The number of rotatable bonds is 6. The van der Waals surface area contributed by atoms with Crippen LogP contribution in [-0.2, 0) is 5.41 Å². The van der Waals surface area contributed by atoms with Gasteiger partial charge in [0, 0.05) is 22.6 Å². The van der Waals surface area contributed by atoms with Gasteiger partial charge in [-0.3, -0.25) is 0 Å². The molecule has 264 valence electrons. The van der Waals surface area contributed by atoms with Crippen LogP contribution in [0.5, 0.6) is 0 Å². The van der Waals surface area contributed by atoms with Crippen LogP contribution in [0.4, 0.5) is 0 Å². The lowest BCUT2D eigenvalue weighted by molar-refractivity contribution is -0.00518. The highest BCUT2D eigenvalue weighted by molar-refractivity contribution is 5.84. The second-order valence-electron chi connectivity index (χ2n) is 16.6. The summed E-state index contributed by atoms with van der Waals surface area (Å²) in [7, 11) is 0. The van der Waals surface area contributed by atoms with Gasteiger partial charge in [-0.25, -0.2) is 15.0 Å². The molecule has 1 unspecified atom stereocenters. The van der Waals surface area contributed by atoms with E-state index in [1.807, 2.05) is 12.1 Å². The molecule has 4 fully saturated rings. The Bertz CT molecular complexity index is 2590. The van der Waals surface area contributed by atoms with Gasteiger partial charge in [0.05, 0.1) is 11.6 Å². The predicted molar refractivity (Wildman–Crippen MR) is 219 cm³/mol. The van der Waals surface area contributed by atoms with Gasteiger partial charge in [0.15, 0.2) is 17.5 Å². The molecule has 4 nitrogen and oxygen atoms in total. The minimum absolute atomic E-state index is 0.00267. The summed E-state index contributed by atoms with van der Waals surface area (Å²) in [5.74, 6) is 4.72. The molecule has 7 aromatic rings. The van der Waals surface area contributed by atoms with E-state index in [-0.39, 0.29) is 5.92 Å². The van der Waals surface area contributed by atoms with Crippen LogP contribution in [0.3, 0.4) is 0 Å². The number of benzene rings is 6. The molecule has 0 radical (unpaired) electrons. The van der Waals surface area contributed by atoms with Crippen LogP contribution in [0.2, 0.25) is 0 Å². The SMILES string of the molecule is N#Cc1ccc2c(c1)C(c1ccccc1)c1cc(-c3nc(-c4ccc(-c5ccccc5)cc4)nc(-c4ccc(C56CC7CC(CC(C7)C5)C6)cc4)n3)ccc1-2. The van der Waals surface area contributed by atoms with Gasteiger partial charge in [-0.1, -0.05) is 127 Å². The van der Waals surface area contributed by atoms with Crippen molar-refractivity contribution in [3.8, 4) is 62.5 Å². The first-order chi connectivity index (χ1) is 27.1. The third-order valence-electron chi connectivity index (χ3n) is 13.2. The fourth-order valence-electron chi connectivity index (χ4n) is 11.1. The van der Waals surface area contributed by atoms with Crippen LogP contribution in [0.1, 0.15) is 72.3 Å². The van der Waals surface area contributed by atoms with Crippen molar-refractivity contribution in [3.63, 3.8) is 0 Å². The highest BCUT2D eigenvalue weighted by atomic mass is 15.0. The van der Waals surface area contributed by atoms with Gasteiger partial charge in [-0.05, 0) is 124 Å². The molecule has 6 aromatic carbocycles. The second-order valence-corrected chi connectivity index (χ2v) is 16.6. The molecular weight excluding hydrogens is 669 g/mol. The number of hydrogen-bond donors (Lipinski definition) is 0. The lowest BCUT2D eigenvalue weighted by Gasteiger charge is -2.57. The van der Waals surface area contributed by atoms with Gasteiger partial charge in [0.1, 0.15) is 0 Å². The maximum atomic E-state index is 9.81. The molecule has 0 saturated heterocycles. The monoisotopic (exact) mass is 708 g/mol. The predicted octanol–water partition coefficient (Wildman–Crippen LogP) is 12.0. The van der Waals surface area contributed by atoms with Crippen LogP contribution < -0.4 is 0 Å². The molecule has 0 aliphatic heterocycles. The number of hydrogen-bond acceptors (Lipinski definition) is 4. The fourth-order valence-corrected chi connectivity index (χ4v) is 11.1. The molecule has 1 atom stereocenters. The summed E-state index contributed by atoms with van der Waals surface area (Å²) in [4.78, 5) is 15.6. The van der Waals surface area contributed by atoms with E-state index in [1.54, 1.807) is 0 Å². The fraction of sp³-hybridized carbons (Fsp3) is 0.216. The highest BCUT2D eigenvalue weighted by Gasteiger charge is 2.51. The average Bonchev–Trinajstić information content (AvgIpc) is 3.56. The van der Waals surface area contributed by atoms with Gasteiger partial charge in [-0.15, -0.1) is 0 Å². The zero-order chi connectivity index (χ0) is 36.5. The summed E-state index contributed by atoms with van der Waals surface area (Å²) < 4.78 is 0. The molecule has 4 heteroatoms. The Labute approximate surface area is 322 Å². The Balaban J connectivity index is 1.02. The molecule has 5 aliphatic carbocycles. The molecule has 0 N–H and O–H groups in total. The van der Waals surface area contributed by atoms with E-state index >= 15 is 0 Å². The minimum Gasteiger partial charge on any atom is -0.208 e. The Morgan fingerprint density at radius 1 is 0.473 bits per heavy atom. The summed E-state index contributed by atoms with van der Waals surface area (Å²) in [6.45, 7) is 0. The van der Waals surface area contributed by atoms with Gasteiger partial charge in [-0.2, -0.15) is 5.26 Å².